The van der Waals surface area contributed by atoms with E-state index in [1.807, 2.05) is 48.5 Å². The highest BCUT2D eigenvalue weighted by Crippen LogP contribution is 2.15. The van der Waals surface area contributed by atoms with Crippen molar-refractivity contribution >= 4 is 51.9 Å². The number of carboxylic acids is 4. The van der Waals surface area contributed by atoms with Crippen LogP contribution in [0.4, 0.5) is 0 Å². The molecule has 0 unspecified atom stereocenters. The van der Waals surface area contributed by atoms with Gasteiger partial charge in [-0.1, -0.05) is 95.9 Å². The molecule has 0 aliphatic carbocycles. The van der Waals surface area contributed by atoms with Crippen molar-refractivity contribution in [2.75, 3.05) is 0 Å². The Morgan fingerprint density at radius 2 is 0.362 bits per heavy atom. The summed E-state index contributed by atoms with van der Waals surface area (Å²) in [6, 6.07) is 57.8. The number of carbonyl (C=O) groups is 4. The molecule has 0 saturated heterocycles. The Morgan fingerprint density at radius 3 is 0.493 bits per heavy atom. The number of hydrogen-bond donors (Lipinski definition) is 4. The van der Waals surface area contributed by atoms with Crippen LogP contribution in [0.1, 0.15) is 85.9 Å². The van der Waals surface area contributed by atoms with E-state index in [4.69, 9.17) is 0 Å². The van der Waals surface area contributed by atoms with Crippen molar-refractivity contribution < 1.29 is 39.6 Å². The van der Waals surface area contributed by atoms with E-state index >= 15 is 0 Å². The fourth-order valence-electron chi connectivity index (χ4n) is 7.94. The second-order valence-corrected chi connectivity index (χ2v) is 15.9. The summed E-state index contributed by atoms with van der Waals surface area (Å²) in [7, 11) is 0. The third kappa shape index (κ3) is 10.7. The predicted octanol–water partition coefficient (Wildman–Crippen LogP) is 7.46. The van der Waals surface area contributed by atoms with Crippen molar-refractivity contribution in [1.29, 1.82) is 0 Å². The first-order valence-electron chi connectivity index (χ1n) is 21.4. The number of aromatic carboxylic acids is 4. The van der Waals surface area contributed by atoms with Crippen LogP contribution in [0.3, 0.4) is 0 Å². The molecule has 8 aromatic rings. The van der Waals surface area contributed by atoms with Crippen molar-refractivity contribution in [3.63, 3.8) is 0 Å². The summed E-state index contributed by atoms with van der Waals surface area (Å²) in [6.07, 6.45) is -1.97. The number of hydrogen-bond acceptors (Lipinski definition) is 4. The average Bonchev–Trinajstić information content (AvgIpc) is 3.38. The molecule has 69 heavy (non-hydrogen) atoms. The molecule has 0 atom stereocenters. The maximum Gasteiger partial charge on any atom is 0.335 e. The Morgan fingerprint density at radius 1 is 0.232 bits per heavy atom. The lowest BCUT2D eigenvalue weighted by Crippen LogP contribution is -2.74. The van der Waals surface area contributed by atoms with E-state index in [2.05, 4.69) is 95.9 Å². The summed E-state index contributed by atoms with van der Waals surface area (Å²) in [5.74, 6) is 21.4. The van der Waals surface area contributed by atoms with Crippen molar-refractivity contribution in [1.82, 2.24) is 0 Å². The Balaban J connectivity index is 1.24. The van der Waals surface area contributed by atoms with E-state index in [0.717, 1.165) is 44.1 Å². The normalized spacial score (nSPS) is 10.3. The van der Waals surface area contributed by atoms with Gasteiger partial charge in [0, 0.05) is 44.5 Å². The number of benzene rings is 8. The van der Waals surface area contributed by atoms with Gasteiger partial charge in [0.1, 0.15) is 6.15 Å². The maximum absolute atomic E-state index is 11.4. The van der Waals surface area contributed by atoms with Crippen LogP contribution >= 0.6 is 0 Å². The van der Waals surface area contributed by atoms with E-state index in [1.54, 1.807) is 48.5 Å². The van der Waals surface area contributed by atoms with Crippen molar-refractivity contribution in [3.05, 3.63) is 261 Å². The highest BCUT2D eigenvalue weighted by molar-refractivity contribution is 7.19. The topological polar surface area (TPSA) is 149 Å². The van der Waals surface area contributed by atoms with E-state index in [9.17, 15) is 39.6 Å². The van der Waals surface area contributed by atoms with Gasteiger partial charge in [0.2, 0.25) is 0 Å². The number of rotatable bonds is 8. The lowest BCUT2D eigenvalue weighted by Gasteiger charge is -2.44. The standard InChI is InChI=1S/C60H36BO8/c62-57(63)49-25-9-41(10-26-49)1-5-45-17-33-53(34-18-45)61(54-35-19-46(20-36-54)6-2-42-11-27-50(28-12-42)58(64)65,55-37-21-47(22-38-55)7-3-43-13-29-51(30-14-43)59(66)67)56-39-23-48(24-40-56)8-4-44-15-31-52(32-16-44)60(68)69/h9-40H,(H,62,63)(H,64,65)(H,66,67)(H,68,69)/q-1. The van der Waals surface area contributed by atoms with Gasteiger partial charge in [-0.3, -0.25) is 0 Å². The minimum atomic E-state index is -1.97. The lowest BCUT2D eigenvalue weighted by atomic mass is 9.13. The highest BCUT2D eigenvalue weighted by atomic mass is 16.4. The second-order valence-electron chi connectivity index (χ2n) is 15.9. The van der Waals surface area contributed by atoms with Crippen LogP contribution in [0.2, 0.25) is 0 Å². The quantitative estimate of drug-likeness (QED) is 0.0909. The molecule has 0 amide bonds. The molecule has 8 aromatic carbocycles. The first-order valence-corrected chi connectivity index (χ1v) is 21.4. The molecule has 9 heteroatoms. The summed E-state index contributed by atoms with van der Waals surface area (Å²) in [6.45, 7) is 0. The summed E-state index contributed by atoms with van der Waals surface area (Å²) in [5, 5.41) is 37.3. The zero-order chi connectivity index (χ0) is 48.3. The van der Waals surface area contributed by atoms with E-state index in [-0.39, 0.29) is 22.3 Å². The smallest absolute Gasteiger partial charge is 0.335 e. The minimum Gasteiger partial charge on any atom is -0.478 e. The first-order chi connectivity index (χ1) is 33.4. The van der Waals surface area contributed by atoms with Crippen molar-refractivity contribution in [2.45, 2.75) is 0 Å². The fourth-order valence-corrected chi connectivity index (χ4v) is 7.94. The van der Waals surface area contributed by atoms with E-state index in [0.29, 0.717) is 22.3 Å². The SMILES string of the molecule is O=C(O)c1ccc(C#Cc2ccc([B-](c3ccc(C#Cc4ccc(C(=O)O)cc4)cc3)(c3ccc(C#Cc4ccc(C(=O)O)cc4)cc3)c3ccc(C#Cc4ccc(C(=O)O)cc4)cc3)cc2)cc1. The Bertz CT molecular complexity index is 3010. The third-order valence-electron chi connectivity index (χ3n) is 11.6. The Kier molecular flexibility index (Phi) is 13.5. The molecule has 0 saturated carbocycles. The lowest BCUT2D eigenvalue weighted by molar-refractivity contribution is 0.0686. The first kappa shape index (κ1) is 45.5. The Labute approximate surface area is 398 Å². The van der Waals surface area contributed by atoms with Gasteiger partial charge in [0.25, 0.3) is 0 Å². The molecule has 8 nitrogen and oxygen atoms in total. The van der Waals surface area contributed by atoms with Crippen LogP contribution in [0.15, 0.2) is 194 Å². The van der Waals surface area contributed by atoms with E-state index in [1.165, 1.54) is 48.5 Å². The molecule has 4 N–H and O–H groups in total. The zero-order valence-corrected chi connectivity index (χ0v) is 36.5. The van der Waals surface area contributed by atoms with Crippen LogP contribution < -0.4 is 21.9 Å². The number of carboxylic acid groups (broad SMARTS) is 4. The van der Waals surface area contributed by atoms with Gasteiger partial charge in [-0.25, -0.2) is 19.2 Å². The van der Waals surface area contributed by atoms with Gasteiger partial charge in [-0.05, 0) is 146 Å². The minimum absolute atomic E-state index is 0.176. The van der Waals surface area contributed by atoms with Gasteiger partial charge in [0.05, 0.1) is 22.3 Å². The molecule has 0 aromatic heterocycles. The van der Waals surface area contributed by atoms with Crippen molar-refractivity contribution in [2.24, 2.45) is 0 Å². The monoisotopic (exact) mass is 895 g/mol. The molecule has 0 aliphatic heterocycles. The molecule has 0 fully saturated rings. The molecule has 328 valence electrons. The van der Waals surface area contributed by atoms with Crippen LogP contribution in [0.25, 0.3) is 0 Å². The van der Waals surface area contributed by atoms with Gasteiger partial charge in [-0.2, -0.15) is 21.9 Å². The maximum atomic E-state index is 11.4. The molecule has 0 bridgehead atoms. The largest absolute Gasteiger partial charge is 0.478 e. The fraction of sp³-hybridized carbons (Fsp3) is 0. The van der Waals surface area contributed by atoms with Gasteiger partial charge >= 0.3 is 23.9 Å². The third-order valence-corrected chi connectivity index (χ3v) is 11.6. The van der Waals surface area contributed by atoms with Crippen LogP contribution in [-0.4, -0.2) is 50.4 Å². The van der Waals surface area contributed by atoms with Crippen LogP contribution in [-0.2, 0) is 0 Å². The van der Waals surface area contributed by atoms with E-state index < -0.39 is 30.0 Å². The highest BCUT2D eigenvalue weighted by Gasteiger charge is 2.32. The predicted molar refractivity (Wildman–Crippen MR) is 268 cm³/mol. The zero-order valence-electron chi connectivity index (χ0n) is 36.5. The Hall–Kier alpha value is -10.1. The second kappa shape index (κ2) is 20.4. The summed E-state index contributed by atoms with van der Waals surface area (Å²) in [4.78, 5) is 45.6. The van der Waals surface area contributed by atoms with Gasteiger partial charge in [-0.15, -0.1) is 0 Å². The summed E-state index contributed by atoms with van der Waals surface area (Å²) in [5.41, 5.74) is 10.3. The van der Waals surface area contributed by atoms with Gasteiger partial charge in [0.15, 0.2) is 0 Å². The molecular weight excluding hydrogens is 859 g/mol. The molecule has 0 aliphatic rings. The molecule has 8 rings (SSSR count). The molecule has 0 radical (unpaired) electrons. The van der Waals surface area contributed by atoms with Crippen LogP contribution in [0, 0.1) is 47.4 Å². The van der Waals surface area contributed by atoms with Gasteiger partial charge < -0.3 is 20.4 Å². The summed E-state index contributed by atoms with van der Waals surface area (Å²) < 4.78 is 0. The average molecular weight is 896 g/mol. The molecule has 0 heterocycles. The molecular formula is C60H36BO8-. The molecule has 0 spiro atoms. The van der Waals surface area contributed by atoms with Crippen molar-refractivity contribution in [3.8, 4) is 47.4 Å². The summed E-state index contributed by atoms with van der Waals surface area (Å²) >= 11 is 0. The van der Waals surface area contributed by atoms with Crippen LogP contribution in [0.5, 0.6) is 0 Å².